The SMILES string of the molecule is CN(CCc1ccco1)S(=O)(=O)c1ccc(OC2CCCC2)cc1. The molecule has 0 unspecified atom stereocenters. The highest BCUT2D eigenvalue weighted by atomic mass is 32.2. The van der Waals surface area contributed by atoms with Crippen LogP contribution < -0.4 is 4.74 Å². The van der Waals surface area contributed by atoms with E-state index in [0.717, 1.165) is 24.4 Å². The number of likely N-dealkylation sites (N-methyl/N-ethyl adjacent to an activating group) is 1. The van der Waals surface area contributed by atoms with Gasteiger partial charge in [0, 0.05) is 20.0 Å². The molecule has 0 atom stereocenters. The summed E-state index contributed by atoms with van der Waals surface area (Å²) < 4.78 is 37.7. The lowest BCUT2D eigenvalue weighted by Crippen LogP contribution is -2.29. The Kier molecular flexibility index (Phi) is 5.26. The zero-order valence-corrected chi connectivity index (χ0v) is 14.7. The van der Waals surface area contributed by atoms with Crippen LogP contribution in [0.25, 0.3) is 0 Å². The van der Waals surface area contributed by atoms with Crippen molar-refractivity contribution in [3.8, 4) is 5.75 Å². The second kappa shape index (κ2) is 7.40. The molecule has 0 radical (unpaired) electrons. The molecule has 24 heavy (non-hydrogen) atoms. The Labute approximate surface area is 143 Å². The van der Waals surface area contributed by atoms with Crippen molar-refractivity contribution < 1.29 is 17.6 Å². The van der Waals surface area contributed by atoms with Crippen LogP contribution in [-0.4, -0.2) is 32.4 Å². The predicted molar refractivity (Wildman–Crippen MR) is 91.6 cm³/mol. The monoisotopic (exact) mass is 349 g/mol. The molecule has 0 bridgehead atoms. The molecule has 0 aliphatic heterocycles. The lowest BCUT2D eigenvalue weighted by atomic mass is 10.3. The Morgan fingerprint density at radius 2 is 1.88 bits per heavy atom. The van der Waals surface area contributed by atoms with E-state index in [1.165, 1.54) is 17.1 Å². The number of sulfonamides is 1. The molecule has 1 saturated carbocycles. The van der Waals surface area contributed by atoms with Crippen LogP contribution >= 0.6 is 0 Å². The Morgan fingerprint density at radius 1 is 1.17 bits per heavy atom. The van der Waals surface area contributed by atoms with Crippen molar-refractivity contribution in [2.75, 3.05) is 13.6 Å². The predicted octanol–water partition coefficient (Wildman–Crippen LogP) is 3.46. The largest absolute Gasteiger partial charge is 0.490 e. The molecule has 5 nitrogen and oxygen atoms in total. The Morgan fingerprint density at radius 3 is 2.50 bits per heavy atom. The third-order valence-corrected chi connectivity index (χ3v) is 6.26. The van der Waals surface area contributed by atoms with Gasteiger partial charge in [0.1, 0.15) is 11.5 Å². The van der Waals surface area contributed by atoms with Crippen molar-refractivity contribution in [2.24, 2.45) is 0 Å². The third kappa shape index (κ3) is 3.99. The van der Waals surface area contributed by atoms with Gasteiger partial charge in [-0.15, -0.1) is 0 Å². The highest BCUT2D eigenvalue weighted by Gasteiger charge is 2.21. The standard InChI is InChI=1S/C18H23NO4S/c1-19(13-12-15-7-4-14-22-15)24(20,21)18-10-8-17(9-11-18)23-16-5-2-3-6-16/h4,7-11,14,16H,2-3,5-6,12-13H2,1H3. The second-order valence-electron chi connectivity index (χ2n) is 6.15. The van der Waals surface area contributed by atoms with Gasteiger partial charge in [-0.05, 0) is 62.1 Å². The van der Waals surface area contributed by atoms with Crippen molar-refractivity contribution >= 4 is 10.0 Å². The Hall–Kier alpha value is -1.79. The first kappa shape index (κ1) is 17.0. The molecule has 0 N–H and O–H groups in total. The average molecular weight is 349 g/mol. The number of rotatable bonds is 7. The number of ether oxygens (including phenoxy) is 1. The van der Waals surface area contributed by atoms with Gasteiger partial charge < -0.3 is 9.15 Å². The summed E-state index contributed by atoms with van der Waals surface area (Å²) in [5.74, 6) is 1.51. The molecular weight excluding hydrogens is 326 g/mol. The minimum atomic E-state index is -3.50. The molecule has 1 aromatic carbocycles. The third-order valence-electron chi connectivity index (χ3n) is 4.39. The van der Waals surface area contributed by atoms with Crippen LogP contribution in [-0.2, 0) is 16.4 Å². The zero-order chi connectivity index (χ0) is 17.0. The summed E-state index contributed by atoms with van der Waals surface area (Å²) in [6.45, 7) is 0.371. The summed E-state index contributed by atoms with van der Waals surface area (Å²) in [5, 5.41) is 0. The molecule has 130 valence electrons. The van der Waals surface area contributed by atoms with E-state index in [0.29, 0.717) is 13.0 Å². The fourth-order valence-corrected chi connectivity index (χ4v) is 4.08. The van der Waals surface area contributed by atoms with Crippen molar-refractivity contribution in [1.82, 2.24) is 4.31 Å². The summed E-state index contributed by atoms with van der Waals surface area (Å²) in [5.41, 5.74) is 0. The van der Waals surface area contributed by atoms with E-state index >= 15 is 0 Å². The van der Waals surface area contributed by atoms with E-state index in [-0.39, 0.29) is 11.0 Å². The van der Waals surface area contributed by atoms with Crippen LogP contribution in [0.1, 0.15) is 31.4 Å². The van der Waals surface area contributed by atoms with Crippen molar-refractivity contribution in [3.05, 3.63) is 48.4 Å². The highest BCUT2D eigenvalue weighted by molar-refractivity contribution is 7.89. The van der Waals surface area contributed by atoms with Gasteiger partial charge in [0.15, 0.2) is 0 Å². The molecular formula is C18H23NO4S. The van der Waals surface area contributed by atoms with Crippen LogP contribution in [0.3, 0.4) is 0 Å². The number of hydrogen-bond donors (Lipinski definition) is 0. The van der Waals surface area contributed by atoms with E-state index in [9.17, 15) is 8.42 Å². The van der Waals surface area contributed by atoms with E-state index in [2.05, 4.69) is 0 Å². The lowest BCUT2D eigenvalue weighted by molar-refractivity contribution is 0.210. The number of benzene rings is 1. The fourth-order valence-electron chi connectivity index (χ4n) is 2.91. The number of nitrogens with zero attached hydrogens (tertiary/aromatic N) is 1. The lowest BCUT2D eigenvalue weighted by Gasteiger charge is -2.17. The van der Waals surface area contributed by atoms with Gasteiger partial charge in [-0.1, -0.05) is 0 Å². The molecule has 1 aliphatic carbocycles. The van der Waals surface area contributed by atoms with Gasteiger partial charge in [0.2, 0.25) is 10.0 Å². The first-order valence-corrected chi connectivity index (χ1v) is 9.75. The topological polar surface area (TPSA) is 59.8 Å². The maximum atomic E-state index is 12.6. The molecule has 3 rings (SSSR count). The van der Waals surface area contributed by atoms with Gasteiger partial charge in [0.05, 0.1) is 17.3 Å². The van der Waals surface area contributed by atoms with Crippen molar-refractivity contribution in [3.63, 3.8) is 0 Å². The molecule has 0 spiro atoms. The molecule has 1 aliphatic rings. The molecule has 0 amide bonds. The second-order valence-corrected chi connectivity index (χ2v) is 8.20. The van der Waals surface area contributed by atoms with Crippen LogP contribution in [0, 0.1) is 0 Å². The fraction of sp³-hybridized carbons (Fsp3) is 0.444. The van der Waals surface area contributed by atoms with Crippen molar-refractivity contribution in [2.45, 2.75) is 43.1 Å². The van der Waals surface area contributed by atoms with Crippen LogP contribution in [0.15, 0.2) is 52.0 Å². The molecule has 1 fully saturated rings. The quantitative estimate of drug-likeness (QED) is 0.768. The Balaban J connectivity index is 1.62. The van der Waals surface area contributed by atoms with E-state index < -0.39 is 10.0 Å². The minimum absolute atomic E-state index is 0.267. The first-order valence-electron chi connectivity index (χ1n) is 8.31. The van der Waals surface area contributed by atoms with Crippen LogP contribution in [0.2, 0.25) is 0 Å². The summed E-state index contributed by atoms with van der Waals surface area (Å²) in [4.78, 5) is 0.281. The zero-order valence-electron chi connectivity index (χ0n) is 13.8. The van der Waals surface area contributed by atoms with Gasteiger partial charge in [-0.3, -0.25) is 0 Å². The van der Waals surface area contributed by atoms with Crippen LogP contribution in [0.5, 0.6) is 5.75 Å². The smallest absolute Gasteiger partial charge is 0.242 e. The van der Waals surface area contributed by atoms with Gasteiger partial charge >= 0.3 is 0 Å². The van der Waals surface area contributed by atoms with Gasteiger partial charge in [-0.2, -0.15) is 0 Å². The highest BCUT2D eigenvalue weighted by Crippen LogP contribution is 2.25. The summed E-state index contributed by atoms with van der Waals surface area (Å²) in [6, 6.07) is 10.4. The minimum Gasteiger partial charge on any atom is -0.490 e. The van der Waals surface area contributed by atoms with E-state index in [1.54, 1.807) is 43.6 Å². The van der Waals surface area contributed by atoms with E-state index in [4.69, 9.17) is 9.15 Å². The van der Waals surface area contributed by atoms with Gasteiger partial charge in [-0.25, -0.2) is 12.7 Å². The normalized spacial score (nSPS) is 15.9. The van der Waals surface area contributed by atoms with E-state index in [1.807, 2.05) is 6.07 Å². The number of hydrogen-bond acceptors (Lipinski definition) is 4. The summed E-state index contributed by atoms with van der Waals surface area (Å²) in [6.07, 6.45) is 6.97. The molecule has 0 saturated heterocycles. The molecule has 6 heteroatoms. The van der Waals surface area contributed by atoms with Gasteiger partial charge in [0.25, 0.3) is 0 Å². The van der Waals surface area contributed by atoms with Crippen LogP contribution in [0.4, 0.5) is 0 Å². The summed E-state index contributed by atoms with van der Waals surface area (Å²) in [7, 11) is -1.92. The number of furan rings is 1. The first-order chi connectivity index (χ1) is 11.6. The van der Waals surface area contributed by atoms with Crippen molar-refractivity contribution in [1.29, 1.82) is 0 Å². The maximum Gasteiger partial charge on any atom is 0.242 e. The maximum absolute atomic E-state index is 12.6. The average Bonchev–Trinajstić information content (AvgIpc) is 3.26. The summed E-state index contributed by atoms with van der Waals surface area (Å²) >= 11 is 0. The molecule has 1 aromatic heterocycles. The Bertz CT molecular complexity index is 732. The molecule has 2 aromatic rings. The molecule has 1 heterocycles.